The molecule has 0 saturated carbocycles. The first-order valence-electron chi connectivity index (χ1n) is 5.57. The predicted octanol–water partition coefficient (Wildman–Crippen LogP) is 2.50. The zero-order valence-electron chi connectivity index (χ0n) is 10.6. The van der Waals surface area contributed by atoms with Gasteiger partial charge in [-0.25, -0.2) is 4.98 Å². The number of thiazole rings is 1. The number of carbonyl (C=O) groups excluding carboxylic acids is 2. The van der Waals surface area contributed by atoms with Crippen molar-refractivity contribution in [3.63, 3.8) is 0 Å². The summed E-state index contributed by atoms with van der Waals surface area (Å²) < 4.78 is 0. The molecule has 1 rings (SSSR count). The zero-order chi connectivity index (χ0) is 13.5. The lowest BCUT2D eigenvalue weighted by atomic mass is 10.3. The highest BCUT2D eigenvalue weighted by atomic mass is 32.1. The summed E-state index contributed by atoms with van der Waals surface area (Å²) in [7, 11) is 0. The minimum Gasteiger partial charge on any atom is -0.347 e. The maximum Gasteiger partial charge on any atom is 0.217 e. The molecule has 1 heterocycles. The molecule has 1 aromatic heterocycles. The highest BCUT2D eigenvalue weighted by Crippen LogP contribution is 2.18. The number of carbonyl (C=O) groups is 2. The van der Waals surface area contributed by atoms with Crippen molar-refractivity contribution < 1.29 is 9.59 Å². The van der Waals surface area contributed by atoms with Crippen molar-refractivity contribution in [2.24, 2.45) is 0 Å². The van der Waals surface area contributed by atoms with Crippen molar-refractivity contribution in [3.05, 3.63) is 34.3 Å². The van der Waals surface area contributed by atoms with Crippen molar-refractivity contribution in [1.29, 1.82) is 0 Å². The lowest BCUT2D eigenvalue weighted by Crippen LogP contribution is -2.23. The van der Waals surface area contributed by atoms with Crippen LogP contribution in [0.25, 0.3) is 6.08 Å². The molecule has 1 atom stereocenters. The van der Waals surface area contributed by atoms with Gasteiger partial charge in [-0.1, -0.05) is 12.2 Å². The van der Waals surface area contributed by atoms with E-state index in [0.717, 1.165) is 10.7 Å². The molecule has 0 bridgehead atoms. The molecule has 0 radical (unpaired) electrons. The Balaban J connectivity index is 2.63. The van der Waals surface area contributed by atoms with E-state index in [1.807, 2.05) is 18.4 Å². The molecule has 4 nitrogen and oxygen atoms in total. The van der Waals surface area contributed by atoms with Gasteiger partial charge in [-0.15, -0.1) is 11.3 Å². The summed E-state index contributed by atoms with van der Waals surface area (Å²) in [5.41, 5.74) is 0.820. The van der Waals surface area contributed by atoms with Gasteiger partial charge in [0.2, 0.25) is 5.91 Å². The van der Waals surface area contributed by atoms with Crippen LogP contribution in [0.4, 0.5) is 0 Å². The number of nitrogens with zero attached hydrogens (tertiary/aromatic N) is 1. The van der Waals surface area contributed by atoms with Crippen molar-refractivity contribution in [1.82, 2.24) is 10.3 Å². The topological polar surface area (TPSA) is 59.1 Å². The molecule has 0 aliphatic rings. The van der Waals surface area contributed by atoms with E-state index < -0.39 is 0 Å². The molecule has 0 aromatic carbocycles. The standard InChI is InChI=1S/C13H16N2O2S/c1-9(16)6-4-5-7-12-8-18-13(15-12)10(2)14-11(3)17/h4-8,10H,1-3H3,(H,14,17)/b6-4+,7-5+/t10-/m1/s1. The van der Waals surface area contributed by atoms with Gasteiger partial charge in [0.25, 0.3) is 0 Å². The van der Waals surface area contributed by atoms with Crippen LogP contribution in [0.1, 0.15) is 37.5 Å². The number of hydrogen-bond acceptors (Lipinski definition) is 4. The molecule has 0 unspecified atom stereocenters. The Kier molecular flexibility index (Phi) is 5.45. The third kappa shape index (κ3) is 5.05. The molecule has 5 heteroatoms. The van der Waals surface area contributed by atoms with Crippen molar-refractivity contribution in [2.75, 3.05) is 0 Å². The SMILES string of the molecule is CC(=O)/C=C/C=C/c1csc([C@@H](C)NC(C)=O)n1. The van der Waals surface area contributed by atoms with Crippen LogP contribution in [0.5, 0.6) is 0 Å². The van der Waals surface area contributed by atoms with Gasteiger partial charge in [0.15, 0.2) is 5.78 Å². The molecule has 1 aromatic rings. The molecule has 18 heavy (non-hydrogen) atoms. The van der Waals surface area contributed by atoms with Crippen molar-refractivity contribution >= 4 is 29.1 Å². The second-order valence-corrected chi connectivity index (χ2v) is 4.75. The molecule has 0 fully saturated rings. The van der Waals surface area contributed by atoms with E-state index in [4.69, 9.17) is 0 Å². The lowest BCUT2D eigenvalue weighted by Gasteiger charge is -2.07. The molecule has 0 aliphatic heterocycles. The van der Waals surface area contributed by atoms with Gasteiger partial charge in [-0.3, -0.25) is 9.59 Å². The van der Waals surface area contributed by atoms with Crippen molar-refractivity contribution in [3.8, 4) is 0 Å². The van der Waals surface area contributed by atoms with Gasteiger partial charge < -0.3 is 5.32 Å². The van der Waals surface area contributed by atoms with Crippen LogP contribution in [-0.4, -0.2) is 16.7 Å². The maximum atomic E-state index is 10.9. The zero-order valence-corrected chi connectivity index (χ0v) is 11.5. The normalized spacial score (nSPS) is 13.1. The Hall–Kier alpha value is -1.75. The van der Waals surface area contributed by atoms with Crippen LogP contribution < -0.4 is 5.32 Å². The quantitative estimate of drug-likeness (QED) is 0.656. The summed E-state index contributed by atoms with van der Waals surface area (Å²) in [6, 6.07) is -0.0811. The van der Waals surface area contributed by atoms with Crippen molar-refractivity contribution in [2.45, 2.75) is 26.8 Å². The first-order valence-corrected chi connectivity index (χ1v) is 6.45. The Bertz CT molecular complexity index is 489. The number of nitrogens with one attached hydrogen (secondary N) is 1. The molecular formula is C13H16N2O2S. The summed E-state index contributed by atoms with van der Waals surface area (Å²) in [4.78, 5) is 26.0. The summed E-state index contributed by atoms with van der Waals surface area (Å²) in [6.45, 7) is 4.88. The minimum absolute atomic E-state index is 0.0119. The highest BCUT2D eigenvalue weighted by molar-refractivity contribution is 7.09. The Labute approximate surface area is 110 Å². The third-order valence-electron chi connectivity index (χ3n) is 2.04. The van der Waals surface area contributed by atoms with E-state index in [9.17, 15) is 9.59 Å². The van der Waals surface area contributed by atoms with Gasteiger partial charge >= 0.3 is 0 Å². The fourth-order valence-corrected chi connectivity index (χ4v) is 2.08. The second-order valence-electron chi connectivity index (χ2n) is 3.86. The predicted molar refractivity (Wildman–Crippen MR) is 73.2 cm³/mol. The van der Waals surface area contributed by atoms with Gasteiger partial charge in [0.1, 0.15) is 5.01 Å². The molecule has 0 aliphatic carbocycles. The van der Waals surface area contributed by atoms with E-state index in [1.165, 1.54) is 31.3 Å². The van der Waals surface area contributed by atoms with E-state index in [-0.39, 0.29) is 17.7 Å². The molecule has 1 N–H and O–H groups in total. The molecule has 0 spiro atoms. The fourth-order valence-electron chi connectivity index (χ4n) is 1.29. The molecule has 96 valence electrons. The van der Waals surface area contributed by atoms with Gasteiger partial charge in [-0.2, -0.15) is 0 Å². The Morgan fingerprint density at radius 1 is 1.39 bits per heavy atom. The maximum absolute atomic E-state index is 10.9. The smallest absolute Gasteiger partial charge is 0.217 e. The molecule has 1 amide bonds. The van der Waals surface area contributed by atoms with E-state index in [2.05, 4.69) is 10.3 Å². The fraction of sp³-hybridized carbons (Fsp3) is 0.308. The van der Waals surface area contributed by atoms with Crippen LogP contribution in [0.2, 0.25) is 0 Å². The first-order chi connectivity index (χ1) is 8.49. The second kappa shape index (κ2) is 6.86. The summed E-state index contributed by atoms with van der Waals surface area (Å²) >= 11 is 1.50. The van der Waals surface area contributed by atoms with E-state index >= 15 is 0 Å². The summed E-state index contributed by atoms with van der Waals surface area (Å²) in [5.74, 6) is -0.0583. The largest absolute Gasteiger partial charge is 0.347 e. The number of allylic oxidation sites excluding steroid dienone is 3. The van der Waals surface area contributed by atoms with E-state index in [0.29, 0.717) is 0 Å². The minimum atomic E-state index is -0.0811. The monoisotopic (exact) mass is 264 g/mol. The average molecular weight is 264 g/mol. The van der Waals surface area contributed by atoms with Crippen LogP contribution in [0.3, 0.4) is 0 Å². The average Bonchev–Trinajstić information content (AvgIpc) is 2.72. The Morgan fingerprint density at radius 2 is 2.11 bits per heavy atom. The number of amides is 1. The first kappa shape index (κ1) is 14.3. The van der Waals surface area contributed by atoms with Crippen LogP contribution in [0, 0.1) is 0 Å². The van der Waals surface area contributed by atoms with Crippen LogP contribution >= 0.6 is 11.3 Å². The number of hydrogen-bond donors (Lipinski definition) is 1. The van der Waals surface area contributed by atoms with E-state index in [1.54, 1.807) is 12.2 Å². The Morgan fingerprint density at radius 3 is 2.72 bits per heavy atom. The summed E-state index contributed by atoms with van der Waals surface area (Å²) in [6.07, 6.45) is 6.76. The van der Waals surface area contributed by atoms with Crippen LogP contribution in [-0.2, 0) is 9.59 Å². The third-order valence-corrected chi connectivity index (χ3v) is 3.08. The van der Waals surface area contributed by atoms with Crippen LogP contribution in [0.15, 0.2) is 23.6 Å². The highest BCUT2D eigenvalue weighted by Gasteiger charge is 2.09. The molecular weight excluding hydrogens is 248 g/mol. The number of aromatic nitrogens is 1. The van der Waals surface area contributed by atoms with Gasteiger partial charge in [0.05, 0.1) is 11.7 Å². The number of rotatable bonds is 5. The number of ketones is 1. The molecule has 0 saturated heterocycles. The summed E-state index contributed by atoms with van der Waals surface area (Å²) in [5, 5.41) is 5.55. The van der Waals surface area contributed by atoms with Gasteiger partial charge in [0, 0.05) is 12.3 Å². The van der Waals surface area contributed by atoms with Gasteiger partial charge in [-0.05, 0) is 26.0 Å². The lowest BCUT2D eigenvalue weighted by molar-refractivity contribution is -0.119.